The molecule has 1 aromatic rings. The van der Waals surface area contributed by atoms with Gasteiger partial charge in [-0.2, -0.15) is 0 Å². The molecular weight excluding hydrogens is 196 g/mol. The van der Waals surface area contributed by atoms with Crippen LogP contribution >= 0.6 is 0 Å². The fourth-order valence-corrected chi connectivity index (χ4v) is 2.17. The van der Waals surface area contributed by atoms with Gasteiger partial charge in [0.25, 0.3) is 0 Å². The molecule has 1 aromatic carbocycles. The zero-order valence-corrected chi connectivity index (χ0v) is 11.0. The Balaban J connectivity index is 2.98. The highest BCUT2D eigenvalue weighted by molar-refractivity contribution is 5.33. The number of benzene rings is 1. The van der Waals surface area contributed by atoms with Crippen molar-refractivity contribution in [3.8, 4) is 0 Å². The minimum atomic E-state index is 0.347. The zero-order valence-electron chi connectivity index (χ0n) is 11.0. The quantitative estimate of drug-likeness (QED) is 0.826. The van der Waals surface area contributed by atoms with E-state index < -0.39 is 0 Å². The van der Waals surface area contributed by atoms with Crippen molar-refractivity contribution in [1.82, 2.24) is 4.90 Å². The average molecular weight is 220 g/mol. The number of likely N-dealkylation sites (N-methyl/N-ethyl adjacent to an activating group) is 1. The normalized spacial score (nSPS) is 13.1. The van der Waals surface area contributed by atoms with Crippen LogP contribution in [0.2, 0.25) is 0 Å². The van der Waals surface area contributed by atoms with Gasteiger partial charge in [0.15, 0.2) is 0 Å². The van der Waals surface area contributed by atoms with Crippen LogP contribution in [0.15, 0.2) is 18.2 Å². The molecule has 1 atom stereocenters. The van der Waals surface area contributed by atoms with Crippen molar-refractivity contribution >= 4 is 0 Å². The van der Waals surface area contributed by atoms with Gasteiger partial charge in [-0.05, 0) is 45.0 Å². The second kappa shape index (κ2) is 6.02. The van der Waals surface area contributed by atoms with Crippen molar-refractivity contribution < 1.29 is 0 Å². The summed E-state index contributed by atoms with van der Waals surface area (Å²) in [7, 11) is 2.16. The Morgan fingerprint density at radius 2 is 2.00 bits per heavy atom. The first-order valence-corrected chi connectivity index (χ1v) is 6.07. The van der Waals surface area contributed by atoms with Crippen LogP contribution in [-0.2, 0) is 0 Å². The van der Waals surface area contributed by atoms with Gasteiger partial charge in [-0.3, -0.25) is 4.90 Å². The van der Waals surface area contributed by atoms with E-state index in [0.29, 0.717) is 12.6 Å². The summed E-state index contributed by atoms with van der Waals surface area (Å²) in [5.74, 6) is 0. The van der Waals surface area contributed by atoms with Crippen molar-refractivity contribution in [3.63, 3.8) is 0 Å². The Kier molecular flexibility index (Phi) is 4.97. The van der Waals surface area contributed by atoms with Crippen LogP contribution < -0.4 is 5.73 Å². The minimum absolute atomic E-state index is 0.347. The lowest BCUT2D eigenvalue weighted by molar-refractivity contribution is 0.250. The molecule has 0 amide bonds. The van der Waals surface area contributed by atoms with Crippen LogP contribution in [0.25, 0.3) is 0 Å². The van der Waals surface area contributed by atoms with Crippen molar-refractivity contribution in [1.29, 1.82) is 0 Å². The molecular formula is C14H24N2. The summed E-state index contributed by atoms with van der Waals surface area (Å²) in [6.45, 7) is 8.27. The van der Waals surface area contributed by atoms with E-state index in [9.17, 15) is 0 Å². The molecule has 2 N–H and O–H groups in total. The maximum Gasteiger partial charge on any atom is 0.0470 e. The van der Waals surface area contributed by atoms with Crippen LogP contribution in [0.5, 0.6) is 0 Å². The number of aryl methyl sites for hydroxylation is 2. The van der Waals surface area contributed by atoms with Gasteiger partial charge in [-0.1, -0.05) is 30.7 Å². The number of hydrogen-bond donors (Lipinski definition) is 1. The maximum atomic E-state index is 5.91. The zero-order chi connectivity index (χ0) is 12.1. The summed E-state index contributed by atoms with van der Waals surface area (Å²) in [6, 6.07) is 6.96. The minimum Gasteiger partial charge on any atom is -0.329 e. The molecule has 2 nitrogen and oxygen atoms in total. The first kappa shape index (κ1) is 13.2. The van der Waals surface area contributed by atoms with E-state index in [-0.39, 0.29) is 0 Å². The largest absolute Gasteiger partial charge is 0.329 e. The van der Waals surface area contributed by atoms with Crippen LogP contribution in [-0.4, -0.2) is 25.0 Å². The summed E-state index contributed by atoms with van der Waals surface area (Å²) in [5, 5.41) is 0. The average Bonchev–Trinajstić information content (AvgIpc) is 2.24. The molecule has 0 saturated carbocycles. The third kappa shape index (κ3) is 3.06. The van der Waals surface area contributed by atoms with Crippen LogP contribution in [0.1, 0.15) is 36.1 Å². The number of nitrogens with two attached hydrogens (primary N) is 1. The van der Waals surface area contributed by atoms with E-state index in [1.807, 2.05) is 0 Å². The molecule has 0 radical (unpaired) electrons. The van der Waals surface area contributed by atoms with Crippen molar-refractivity contribution in [2.24, 2.45) is 5.73 Å². The van der Waals surface area contributed by atoms with Gasteiger partial charge in [-0.15, -0.1) is 0 Å². The third-order valence-corrected chi connectivity index (χ3v) is 3.13. The molecule has 0 saturated heterocycles. The van der Waals surface area contributed by atoms with Gasteiger partial charge in [0, 0.05) is 12.6 Å². The van der Waals surface area contributed by atoms with Gasteiger partial charge in [0.2, 0.25) is 0 Å². The summed E-state index contributed by atoms with van der Waals surface area (Å²) in [4.78, 5) is 2.35. The van der Waals surface area contributed by atoms with Crippen LogP contribution in [0.4, 0.5) is 0 Å². The molecule has 16 heavy (non-hydrogen) atoms. The van der Waals surface area contributed by atoms with E-state index in [0.717, 1.165) is 13.0 Å². The molecule has 1 rings (SSSR count). The number of nitrogens with zero attached hydrogens (tertiary/aromatic N) is 1. The third-order valence-electron chi connectivity index (χ3n) is 3.13. The number of hydrogen-bond acceptors (Lipinski definition) is 2. The van der Waals surface area contributed by atoms with E-state index in [1.165, 1.54) is 16.7 Å². The number of rotatable bonds is 5. The second-order valence-electron chi connectivity index (χ2n) is 4.59. The van der Waals surface area contributed by atoms with Gasteiger partial charge in [-0.25, -0.2) is 0 Å². The highest BCUT2D eigenvalue weighted by Gasteiger charge is 2.16. The predicted octanol–water partition coefficient (Wildman–Crippen LogP) is 2.65. The Morgan fingerprint density at radius 3 is 2.56 bits per heavy atom. The molecule has 0 aliphatic carbocycles. The lowest BCUT2D eigenvalue weighted by Gasteiger charge is -2.28. The van der Waals surface area contributed by atoms with Crippen molar-refractivity contribution in [2.75, 3.05) is 20.1 Å². The predicted molar refractivity (Wildman–Crippen MR) is 70.6 cm³/mol. The monoisotopic (exact) mass is 220 g/mol. The summed E-state index contributed by atoms with van der Waals surface area (Å²) < 4.78 is 0. The van der Waals surface area contributed by atoms with Gasteiger partial charge in [0.05, 0.1) is 0 Å². The van der Waals surface area contributed by atoms with Crippen LogP contribution in [0, 0.1) is 13.8 Å². The van der Waals surface area contributed by atoms with E-state index >= 15 is 0 Å². The molecule has 0 fully saturated rings. The molecule has 90 valence electrons. The van der Waals surface area contributed by atoms with E-state index in [1.54, 1.807) is 0 Å². The van der Waals surface area contributed by atoms with Crippen molar-refractivity contribution in [3.05, 3.63) is 34.9 Å². The fraction of sp³-hybridized carbons (Fsp3) is 0.571. The Labute approximate surface area is 99.5 Å². The standard InChI is InChI=1S/C14H24N2/c1-5-8-16(4)14(10-15)13-9-11(2)6-7-12(13)3/h6-7,9,14H,5,8,10,15H2,1-4H3. The van der Waals surface area contributed by atoms with E-state index in [4.69, 9.17) is 5.73 Å². The fourth-order valence-electron chi connectivity index (χ4n) is 2.17. The molecule has 1 unspecified atom stereocenters. The summed E-state index contributed by atoms with van der Waals surface area (Å²) in [5.41, 5.74) is 9.93. The molecule has 0 heterocycles. The SMILES string of the molecule is CCCN(C)C(CN)c1cc(C)ccc1C. The maximum absolute atomic E-state index is 5.91. The lowest BCUT2D eigenvalue weighted by Crippen LogP contribution is -2.31. The Bertz CT molecular complexity index is 334. The van der Waals surface area contributed by atoms with Gasteiger partial charge >= 0.3 is 0 Å². The second-order valence-corrected chi connectivity index (χ2v) is 4.59. The Morgan fingerprint density at radius 1 is 1.31 bits per heavy atom. The topological polar surface area (TPSA) is 29.3 Å². The lowest BCUT2D eigenvalue weighted by atomic mass is 9.98. The molecule has 0 spiro atoms. The first-order chi connectivity index (χ1) is 7.60. The van der Waals surface area contributed by atoms with Crippen molar-refractivity contribution in [2.45, 2.75) is 33.2 Å². The highest BCUT2D eigenvalue weighted by atomic mass is 15.1. The van der Waals surface area contributed by atoms with Gasteiger partial charge < -0.3 is 5.73 Å². The smallest absolute Gasteiger partial charge is 0.0470 e. The van der Waals surface area contributed by atoms with Gasteiger partial charge in [0.1, 0.15) is 0 Å². The summed E-state index contributed by atoms with van der Waals surface area (Å²) in [6.07, 6.45) is 1.16. The van der Waals surface area contributed by atoms with E-state index in [2.05, 4.69) is 50.9 Å². The first-order valence-electron chi connectivity index (χ1n) is 6.07. The summed E-state index contributed by atoms with van der Waals surface area (Å²) >= 11 is 0. The molecule has 0 bridgehead atoms. The Hall–Kier alpha value is -0.860. The highest BCUT2D eigenvalue weighted by Crippen LogP contribution is 2.23. The molecule has 2 heteroatoms. The van der Waals surface area contributed by atoms with Crippen LogP contribution in [0.3, 0.4) is 0 Å². The molecule has 0 aromatic heterocycles. The molecule has 0 aliphatic heterocycles. The molecule has 0 aliphatic rings.